The van der Waals surface area contributed by atoms with E-state index < -0.39 is 5.54 Å². The van der Waals surface area contributed by atoms with E-state index in [-0.39, 0.29) is 12.0 Å². The summed E-state index contributed by atoms with van der Waals surface area (Å²) in [4.78, 5) is 33.8. The Labute approximate surface area is 225 Å². The minimum absolute atomic E-state index is 0.0137. The van der Waals surface area contributed by atoms with Gasteiger partial charge in [-0.15, -0.1) is 11.3 Å². The summed E-state index contributed by atoms with van der Waals surface area (Å²) in [6.07, 6.45) is 3.40. The minimum Gasteiger partial charge on any atom is -0.474 e. The van der Waals surface area contributed by atoms with Gasteiger partial charge in [-0.05, 0) is 45.4 Å². The van der Waals surface area contributed by atoms with E-state index in [1.807, 2.05) is 37.8 Å². The number of hydrogen-bond acceptors (Lipinski definition) is 8. The van der Waals surface area contributed by atoms with Gasteiger partial charge in [0.25, 0.3) is 5.91 Å². The highest BCUT2D eigenvalue weighted by atomic mass is 32.1. The predicted octanol–water partition coefficient (Wildman–Crippen LogP) is 4.62. The van der Waals surface area contributed by atoms with Crippen LogP contribution in [0.3, 0.4) is 0 Å². The standard InChI is InChI=1S/C29H30N6O2S/c1-16-6-8-18(9-7-16)22-12-19(29(3,4)30)13-23(34-22)37-24-20-14-35(15-21(20)24)28(36)25-17(2)33-27(38-25)26-31-10-5-11-32-26/h5-13,20-21,24H,14-15,30H2,1-4H3. The van der Waals surface area contributed by atoms with Gasteiger partial charge in [-0.1, -0.05) is 29.8 Å². The number of pyridine rings is 1. The number of nitrogens with zero attached hydrogens (tertiary/aromatic N) is 5. The Morgan fingerprint density at radius 1 is 1.05 bits per heavy atom. The predicted molar refractivity (Wildman–Crippen MR) is 147 cm³/mol. The van der Waals surface area contributed by atoms with E-state index >= 15 is 0 Å². The summed E-state index contributed by atoms with van der Waals surface area (Å²) < 4.78 is 6.40. The Bertz CT molecular complexity index is 1480. The average molecular weight is 527 g/mol. The summed E-state index contributed by atoms with van der Waals surface area (Å²) in [5.41, 5.74) is 10.7. The molecule has 4 heterocycles. The number of benzene rings is 1. The second kappa shape index (κ2) is 9.25. The molecule has 4 aromatic rings. The Hall–Kier alpha value is -3.69. The molecule has 38 heavy (non-hydrogen) atoms. The molecule has 2 atom stereocenters. The monoisotopic (exact) mass is 526 g/mol. The molecule has 1 saturated heterocycles. The van der Waals surface area contributed by atoms with Crippen molar-refractivity contribution in [2.45, 2.75) is 39.3 Å². The molecule has 2 N–H and O–H groups in total. The third kappa shape index (κ3) is 4.68. The molecule has 194 valence electrons. The largest absolute Gasteiger partial charge is 0.474 e. The topological polar surface area (TPSA) is 107 Å². The Morgan fingerprint density at radius 3 is 2.39 bits per heavy atom. The number of hydrogen-bond donors (Lipinski definition) is 1. The van der Waals surface area contributed by atoms with Crippen molar-refractivity contribution in [3.8, 4) is 28.0 Å². The molecule has 0 radical (unpaired) electrons. The number of thiazole rings is 1. The SMILES string of the molecule is Cc1ccc(-c2cc(C(C)(C)N)cc(OC3C4CN(C(=O)c5sc(-c6ncccn6)nc5C)CC43)n2)cc1. The first-order chi connectivity index (χ1) is 18.2. The zero-order valence-corrected chi connectivity index (χ0v) is 22.7. The van der Waals surface area contributed by atoms with Gasteiger partial charge in [0.1, 0.15) is 11.0 Å². The van der Waals surface area contributed by atoms with Crippen LogP contribution in [0.15, 0.2) is 54.9 Å². The van der Waals surface area contributed by atoms with E-state index in [1.165, 1.54) is 16.9 Å². The highest BCUT2D eigenvalue weighted by Gasteiger charge is 2.59. The lowest BCUT2D eigenvalue weighted by molar-refractivity contribution is 0.0755. The third-order valence-electron chi connectivity index (χ3n) is 7.30. The number of ether oxygens (including phenoxy) is 1. The Balaban J connectivity index is 1.16. The van der Waals surface area contributed by atoms with Crippen molar-refractivity contribution in [2.75, 3.05) is 13.1 Å². The van der Waals surface area contributed by atoms with Crippen LogP contribution in [-0.4, -0.2) is 49.9 Å². The molecule has 0 spiro atoms. The number of amides is 1. The van der Waals surface area contributed by atoms with E-state index in [0.717, 1.165) is 16.8 Å². The number of aromatic nitrogens is 4. The van der Waals surface area contributed by atoms with Gasteiger partial charge < -0.3 is 15.4 Å². The summed E-state index contributed by atoms with van der Waals surface area (Å²) in [6, 6.07) is 14.0. The van der Waals surface area contributed by atoms with Crippen LogP contribution in [0.2, 0.25) is 0 Å². The number of likely N-dealkylation sites (tertiary alicyclic amines) is 1. The van der Waals surface area contributed by atoms with Crippen molar-refractivity contribution < 1.29 is 9.53 Å². The van der Waals surface area contributed by atoms with E-state index in [0.29, 0.717) is 52.2 Å². The molecule has 2 fully saturated rings. The van der Waals surface area contributed by atoms with E-state index in [2.05, 4.69) is 46.1 Å². The first-order valence-corrected chi connectivity index (χ1v) is 13.6. The molecule has 3 aromatic heterocycles. The lowest BCUT2D eigenvalue weighted by atomic mass is 9.94. The maximum absolute atomic E-state index is 13.3. The molecule has 1 aliphatic heterocycles. The number of piperidine rings is 1. The minimum atomic E-state index is -0.528. The van der Waals surface area contributed by atoms with Crippen molar-refractivity contribution >= 4 is 17.2 Å². The summed E-state index contributed by atoms with van der Waals surface area (Å²) >= 11 is 1.35. The molecule has 2 aliphatic rings. The second-order valence-electron chi connectivity index (χ2n) is 10.8. The van der Waals surface area contributed by atoms with E-state index in [1.54, 1.807) is 18.5 Å². The van der Waals surface area contributed by atoms with Crippen LogP contribution >= 0.6 is 11.3 Å². The van der Waals surface area contributed by atoms with Crippen LogP contribution < -0.4 is 10.5 Å². The molecule has 6 rings (SSSR count). The van der Waals surface area contributed by atoms with Gasteiger partial charge in [-0.2, -0.15) is 0 Å². The number of fused-ring (bicyclic) bond motifs is 1. The lowest BCUT2D eigenvalue weighted by Crippen LogP contribution is -2.33. The van der Waals surface area contributed by atoms with Gasteiger partial charge in [0.2, 0.25) is 5.88 Å². The maximum Gasteiger partial charge on any atom is 0.265 e. The number of rotatable bonds is 6. The maximum atomic E-state index is 13.3. The molecule has 1 aromatic carbocycles. The summed E-state index contributed by atoms with van der Waals surface area (Å²) in [7, 11) is 0. The molecular formula is C29H30N6O2S. The van der Waals surface area contributed by atoms with Crippen LogP contribution in [0.1, 0.15) is 40.3 Å². The number of carbonyl (C=O) groups is 1. The van der Waals surface area contributed by atoms with Gasteiger partial charge in [0.15, 0.2) is 10.8 Å². The fraction of sp³-hybridized carbons (Fsp3) is 0.345. The fourth-order valence-electron chi connectivity index (χ4n) is 5.01. The summed E-state index contributed by atoms with van der Waals surface area (Å²) in [5, 5.41) is 0.662. The van der Waals surface area contributed by atoms with Crippen LogP contribution in [-0.2, 0) is 5.54 Å². The molecule has 1 aliphatic carbocycles. The fourth-order valence-corrected chi connectivity index (χ4v) is 5.99. The summed E-state index contributed by atoms with van der Waals surface area (Å²) in [5.74, 6) is 1.73. The molecule has 0 bridgehead atoms. The van der Waals surface area contributed by atoms with Gasteiger partial charge in [-0.3, -0.25) is 4.79 Å². The van der Waals surface area contributed by atoms with Gasteiger partial charge in [0.05, 0.1) is 11.4 Å². The number of nitrogens with two attached hydrogens (primary N) is 1. The average Bonchev–Trinajstić information content (AvgIpc) is 3.22. The number of aryl methyl sites for hydroxylation is 2. The Kier molecular flexibility index (Phi) is 6.00. The zero-order chi connectivity index (χ0) is 26.6. The van der Waals surface area contributed by atoms with Crippen molar-refractivity contribution in [1.29, 1.82) is 0 Å². The van der Waals surface area contributed by atoms with Gasteiger partial charge in [0, 0.05) is 54.5 Å². The van der Waals surface area contributed by atoms with Crippen molar-refractivity contribution in [3.05, 3.63) is 76.6 Å². The van der Waals surface area contributed by atoms with Crippen LogP contribution in [0.4, 0.5) is 0 Å². The highest BCUT2D eigenvalue weighted by Crippen LogP contribution is 2.48. The second-order valence-corrected chi connectivity index (χ2v) is 11.8. The first kappa shape index (κ1) is 24.6. The lowest BCUT2D eigenvalue weighted by Gasteiger charge is -2.22. The van der Waals surface area contributed by atoms with Crippen molar-refractivity contribution in [3.63, 3.8) is 0 Å². The molecule has 1 amide bonds. The molecule has 2 unspecified atom stereocenters. The van der Waals surface area contributed by atoms with Crippen LogP contribution in [0, 0.1) is 25.7 Å². The highest BCUT2D eigenvalue weighted by molar-refractivity contribution is 7.17. The van der Waals surface area contributed by atoms with Gasteiger partial charge >= 0.3 is 0 Å². The third-order valence-corrected chi connectivity index (χ3v) is 8.44. The van der Waals surface area contributed by atoms with Crippen LogP contribution in [0.25, 0.3) is 22.1 Å². The van der Waals surface area contributed by atoms with Crippen molar-refractivity contribution in [2.24, 2.45) is 17.6 Å². The Morgan fingerprint density at radius 2 is 1.74 bits per heavy atom. The van der Waals surface area contributed by atoms with Crippen molar-refractivity contribution in [1.82, 2.24) is 24.8 Å². The molecule has 1 saturated carbocycles. The smallest absolute Gasteiger partial charge is 0.265 e. The van der Waals surface area contributed by atoms with E-state index in [9.17, 15) is 4.79 Å². The van der Waals surface area contributed by atoms with Gasteiger partial charge in [-0.25, -0.2) is 19.9 Å². The molecule has 9 heteroatoms. The normalized spacial score (nSPS) is 20.3. The molecule has 8 nitrogen and oxygen atoms in total. The number of carbonyl (C=O) groups excluding carboxylic acids is 1. The summed E-state index contributed by atoms with van der Waals surface area (Å²) in [6.45, 7) is 9.22. The first-order valence-electron chi connectivity index (χ1n) is 12.8. The zero-order valence-electron chi connectivity index (χ0n) is 21.9. The molecular weight excluding hydrogens is 496 g/mol. The quantitative estimate of drug-likeness (QED) is 0.391. The van der Waals surface area contributed by atoms with Crippen LogP contribution in [0.5, 0.6) is 5.88 Å². The van der Waals surface area contributed by atoms with E-state index in [4.69, 9.17) is 15.5 Å².